The molecule has 1 amide bonds. The average Bonchev–Trinajstić information content (AvgIpc) is 3.18. The Labute approximate surface area is 191 Å². The van der Waals surface area contributed by atoms with Crippen molar-refractivity contribution in [2.45, 2.75) is 13.8 Å². The van der Waals surface area contributed by atoms with Crippen LogP contribution in [-0.2, 0) is 9.53 Å². The van der Waals surface area contributed by atoms with Crippen molar-refractivity contribution in [1.82, 2.24) is 9.88 Å². The number of ether oxygens (including phenoxy) is 1. The minimum absolute atomic E-state index is 0.0957. The highest BCUT2D eigenvalue weighted by atomic mass is 35.5. The van der Waals surface area contributed by atoms with Crippen molar-refractivity contribution in [3.8, 4) is 0 Å². The van der Waals surface area contributed by atoms with Crippen molar-refractivity contribution >= 4 is 50.3 Å². The Hall–Kier alpha value is -2.25. The highest BCUT2D eigenvalue weighted by Crippen LogP contribution is 2.32. The lowest BCUT2D eigenvalue weighted by Gasteiger charge is -2.28. The van der Waals surface area contributed by atoms with E-state index in [1.165, 1.54) is 5.56 Å². The maximum absolute atomic E-state index is 13.2. The van der Waals surface area contributed by atoms with Gasteiger partial charge in [0.25, 0.3) is 5.91 Å². The van der Waals surface area contributed by atoms with Gasteiger partial charge < -0.3 is 4.74 Å². The first kappa shape index (κ1) is 22.0. The molecule has 0 saturated carbocycles. The minimum atomic E-state index is -0.0957. The van der Waals surface area contributed by atoms with Gasteiger partial charge in [0, 0.05) is 37.3 Å². The molecule has 0 bridgehead atoms. The average molecular weight is 456 g/mol. The van der Waals surface area contributed by atoms with Crippen LogP contribution in [0.4, 0.5) is 5.13 Å². The SMILES string of the molecule is Cc1cc(C)c2nc(N(CCN3CCOCC3)C(=O)/C=C/c3ccccc3Cl)sc2c1. The van der Waals surface area contributed by atoms with E-state index in [0.717, 1.165) is 59.3 Å². The van der Waals surface area contributed by atoms with Crippen LogP contribution >= 0.6 is 22.9 Å². The van der Waals surface area contributed by atoms with Gasteiger partial charge in [0.2, 0.25) is 0 Å². The summed E-state index contributed by atoms with van der Waals surface area (Å²) in [6, 6.07) is 11.8. The van der Waals surface area contributed by atoms with Crippen molar-refractivity contribution in [3.05, 3.63) is 64.2 Å². The Balaban J connectivity index is 1.61. The molecule has 0 N–H and O–H groups in total. The fourth-order valence-electron chi connectivity index (χ4n) is 3.70. The predicted molar refractivity (Wildman–Crippen MR) is 129 cm³/mol. The third-order valence-electron chi connectivity index (χ3n) is 5.37. The maximum atomic E-state index is 13.2. The number of aromatic nitrogens is 1. The lowest BCUT2D eigenvalue weighted by Crippen LogP contribution is -2.42. The van der Waals surface area contributed by atoms with Crippen molar-refractivity contribution in [1.29, 1.82) is 0 Å². The molecule has 2 aromatic carbocycles. The molecule has 1 fully saturated rings. The van der Waals surface area contributed by atoms with E-state index in [9.17, 15) is 4.79 Å². The van der Waals surface area contributed by atoms with E-state index in [2.05, 4.69) is 30.9 Å². The van der Waals surface area contributed by atoms with Crippen molar-refractivity contribution < 1.29 is 9.53 Å². The molecule has 0 spiro atoms. The lowest BCUT2D eigenvalue weighted by atomic mass is 10.1. The number of hydrogen-bond donors (Lipinski definition) is 0. The van der Waals surface area contributed by atoms with E-state index in [1.54, 1.807) is 28.4 Å². The van der Waals surface area contributed by atoms with Crippen molar-refractivity contribution in [3.63, 3.8) is 0 Å². The minimum Gasteiger partial charge on any atom is -0.379 e. The van der Waals surface area contributed by atoms with Crippen molar-refractivity contribution in [2.24, 2.45) is 0 Å². The second-order valence-corrected chi connectivity index (χ2v) is 9.14. The second kappa shape index (κ2) is 9.92. The molecule has 1 aromatic heterocycles. The number of carbonyl (C=O) groups is 1. The molecule has 1 aliphatic heterocycles. The summed E-state index contributed by atoms with van der Waals surface area (Å²) >= 11 is 7.81. The molecule has 1 saturated heterocycles. The Bertz CT molecular complexity index is 1110. The molecule has 0 aliphatic carbocycles. The third-order valence-corrected chi connectivity index (χ3v) is 6.74. The second-order valence-electron chi connectivity index (χ2n) is 7.72. The van der Waals surface area contributed by atoms with Crippen LogP contribution in [0, 0.1) is 13.8 Å². The third kappa shape index (κ3) is 5.33. The van der Waals surface area contributed by atoms with Crippen LogP contribution in [-0.4, -0.2) is 55.2 Å². The molecular weight excluding hydrogens is 430 g/mol. The zero-order valence-electron chi connectivity index (χ0n) is 17.8. The van der Waals surface area contributed by atoms with Gasteiger partial charge in [-0.05, 0) is 48.7 Å². The van der Waals surface area contributed by atoms with Crippen LogP contribution in [0.5, 0.6) is 0 Å². The topological polar surface area (TPSA) is 45.7 Å². The first-order valence-corrected chi connectivity index (χ1v) is 11.6. The number of morpholine rings is 1. The first-order valence-electron chi connectivity index (χ1n) is 10.4. The summed E-state index contributed by atoms with van der Waals surface area (Å²) in [4.78, 5) is 22.2. The van der Waals surface area contributed by atoms with Crippen LogP contribution in [0.15, 0.2) is 42.5 Å². The van der Waals surface area contributed by atoms with E-state index in [-0.39, 0.29) is 5.91 Å². The number of fused-ring (bicyclic) bond motifs is 1. The quantitative estimate of drug-likeness (QED) is 0.493. The lowest BCUT2D eigenvalue weighted by molar-refractivity contribution is -0.114. The molecule has 162 valence electrons. The van der Waals surface area contributed by atoms with Crippen molar-refractivity contribution in [2.75, 3.05) is 44.3 Å². The normalized spacial score (nSPS) is 15.1. The van der Waals surface area contributed by atoms with Crippen LogP contribution in [0.25, 0.3) is 16.3 Å². The Morgan fingerprint density at radius 1 is 1.26 bits per heavy atom. The van der Waals surface area contributed by atoms with Gasteiger partial charge in [0.15, 0.2) is 5.13 Å². The zero-order valence-corrected chi connectivity index (χ0v) is 19.4. The van der Waals surface area contributed by atoms with Crippen LogP contribution in [0.3, 0.4) is 0 Å². The molecule has 7 heteroatoms. The summed E-state index contributed by atoms with van der Waals surface area (Å²) in [5.41, 5.74) is 4.11. The van der Waals surface area contributed by atoms with Gasteiger partial charge >= 0.3 is 0 Å². The summed E-state index contributed by atoms with van der Waals surface area (Å²) in [7, 11) is 0. The molecule has 0 unspecified atom stereocenters. The number of thiazole rings is 1. The highest BCUT2D eigenvalue weighted by Gasteiger charge is 2.20. The van der Waals surface area contributed by atoms with Gasteiger partial charge in [-0.3, -0.25) is 14.6 Å². The summed E-state index contributed by atoms with van der Waals surface area (Å²) in [6.45, 7) is 8.74. The van der Waals surface area contributed by atoms with Gasteiger partial charge in [-0.2, -0.15) is 0 Å². The van der Waals surface area contributed by atoms with E-state index in [1.807, 2.05) is 24.3 Å². The number of rotatable bonds is 6. The summed E-state index contributed by atoms with van der Waals surface area (Å²) < 4.78 is 6.55. The van der Waals surface area contributed by atoms with Gasteiger partial charge in [-0.1, -0.05) is 47.2 Å². The van der Waals surface area contributed by atoms with Crippen LogP contribution < -0.4 is 4.90 Å². The monoisotopic (exact) mass is 455 g/mol. The zero-order chi connectivity index (χ0) is 21.8. The standard InChI is InChI=1S/C24H26ClN3O2S/c1-17-15-18(2)23-21(16-17)31-24(26-23)28(10-9-27-11-13-30-14-12-27)22(29)8-7-19-5-3-4-6-20(19)25/h3-8,15-16H,9-14H2,1-2H3/b8-7+. The molecule has 3 aromatic rings. The molecule has 4 rings (SSSR count). The van der Waals surface area contributed by atoms with Gasteiger partial charge in [0.05, 0.1) is 23.4 Å². The molecule has 31 heavy (non-hydrogen) atoms. The highest BCUT2D eigenvalue weighted by molar-refractivity contribution is 7.22. The Morgan fingerprint density at radius 3 is 2.81 bits per heavy atom. The largest absolute Gasteiger partial charge is 0.379 e. The van der Waals surface area contributed by atoms with Gasteiger partial charge in [-0.15, -0.1) is 0 Å². The van der Waals surface area contributed by atoms with Gasteiger partial charge in [-0.25, -0.2) is 4.98 Å². The number of aryl methyl sites for hydroxylation is 2. The summed E-state index contributed by atoms with van der Waals surface area (Å²) in [5.74, 6) is -0.0957. The van der Waals surface area contributed by atoms with Crippen LogP contribution in [0.1, 0.15) is 16.7 Å². The van der Waals surface area contributed by atoms with E-state index >= 15 is 0 Å². The Kier molecular flexibility index (Phi) is 7.02. The number of halogens is 1. The smallest absolute Gasteiger partial charge is 0.252 e. The number of anilines is 1. The predicted octanol–water partition coefficient (Wildman–Crippen LogP) is 4.95. The summed E-state index contributed by atoms with van der Waals surface area (Å²) in [6.07, 6.45) is 3.36. The molecule has 0 radical (unpaired) electrons. The molecule has 2 heterocycles. The first-order chi connectivity index (χ1) is 15.0. The fourth-order valence-corrected chi connectivity index (χ4v) is 5.07. The number of carbonyl (C=O) groups excluding carboxylic acids is 1. The number of nitrogens with zero attached hydrogens (tertiary/aromatic N) is 3. The number of benzene rings is 2. The van der Waals surface area contributed by atoms with E-state index in [4.69, 9.17) is 21.3 Å². The number of hydrogen-bond acceptors (Lipinski definition) is 5. The fraction of sp³-hybridized carbons (Fsp3) is 0.333. The molecule has 0 atom stereocenters. The van der Waals surface area contributed by atoms with Gasteiger partial charge in [0.1, 0.15) is 0 Å². The molecule has 1 aliphatic rings. The number of amides is 1. The Morgan fingerprint density at radius 2 is 2.03 bits per heavy atom. The van der Waals surface area contributed by atoms with Crippen LogP contribution in [0.2, 0.25) is 5.02 Å². The maximum Gasteiger partial charge on any atom is 0.252 e. The molecule has 5 nitrogen and oxygen atoms in total. The van der Waals surface area contributed by atoms with E-state index in [0.29, 0.717) is 11.6 Å². The molecular formula is C24H26ClN3O2S. The summed E-state index contributed by atoms with van der Waals surface area (Å²) in [5, 5.41) is 1.35. The van der Waals surface area contributed by atoms with E-state index < -0.39 is 0 Å².